The van der Waals surface area contributed by atoms with Crippen molar-refractivity contribution in [2.75, 3.05) is 13.7 Å². The van der Waals surface area contributed by atoms with E-state index in [4.69, 9.17) is 4.74 Å². The van der Waals surface area contributed by atoms with Gasteiger partial charge in [-0.1, -0.05) is 6.58 Å². The van der Waals surface area contributed by atoms with Gasteiger partial charge in [0.1, 0.15) is 5.75 Å². The van der Waals surface area contributed by atoms with Crippen LogP contribution in [0.5, 0.6) is 5.75 Å². The van der Waals surface area contributed by atoms with Gasteiger partial charge in [0, 0.05) is 12.1 Å². The van der Waals surface area contributed by atoms with Crippen LogP contribution in [0.2, 0.25) is 0 Å². The second kappa shape index (κ2) is 5.68. The standard InChI is InChI=1S/C12H13NO2/c1-3-4-9-13-12(14)10-5-7-11(15-2)8-6-10/h4-8H,1,9H2,2H3,(H,13,14). The summed E-state index contributed by atoms with van der Waals surface area (Å²) >= 11 is 0. The Morgan fingerprint density at radius 1 is 1.53 bits per heavy atom. The van der Waals surface area contributed by atoms with Crippen molar-refractivity contribution in [2.45, 2.75) is 0 Å². The molecule has 3 nitrogen and oxygen atoms in total. The van der Waals surface area contributed by atoms with Gasteiger partial charge in [-0.15, -0.1) is 5.73 Å². The van der Waals surface area contributed by atoms with E-state index in [9.17, 15) is 4.79 Å². The fourth-order valence-electron chi connectivity index (χ4n) is 1.06. The lowest BCUT2D eigenvalue weighted by Crippen LogP contribution is -2.23. The van der Waals surface area contributed by atoms with Crippen LogP contribution in [0.4, 0.5) is 0 Å². The molecule has 0 aliphatic rings. The Labute approximate surface area is 89.1 Å². The maximum atomic E-state index is 11.5. The molecule has 1 aromatic rings. The van der Waals surface area contributed by atoms with Gasteiger partial charge in [0.25, 0.3) is 5.91 Å². The molecule has 0 unspecified atom stereocenters. The van der Waals surface area contributed by atoms with E-state index >= 15 is 0 Å². The Bertz CT molecular complexity index is 375. The number of rotatable bonds is 4. The van der Waals surface area contributed by atoms with E-state index in [-0.39, 0.29) is 5.91 Å². The van der Waals surface area contributed by atoms with Crippen LogP contribution in [0.1, 0.15) is 10.4 Å². The second-order valence-corrected chi connectivity index (χ2v) is 2.85. The Morgan fingerprint density at radius 3 is 2.73 bits per heavy atom. The summed E-state index contributed by atoms with van der Waals surface area (Å²) in [7, 11) is 1.59. The predicted octanol–water partition coefficient (Wildman–Crippen LogP) is 1.77. The maximum Gasteiger partial charge on any atom is 0.251 e. The SMILES string of the molecule is C=C=CCNC(=O)c1ccc(OC)cc1. The van der Waals surface area contributed by atoms with Crippen LogP contribution in [-0.2, 0) is 0 Å². The van der Waals surface area contributed by atoms with Gasteiger partial charge < -0.3 is 10.1 Å². The van der Waals surface area contributed by atoms with Gasteiger partial charge in [-0.25, -0.2) is 0 Å². The molecule has 0 aliphatic carbocycles. The molecule has 0 fully saturated rings. The fourth-order valence-corrected chi connectivity index (χ4v) is 1.06. The first kappa shape index (κ1) is 11.1. The summed E-state index contributed by atoms with van der Waals surface area (Å²) < 4.78 is 4.99. The molecule has 0 saturated carbocycles. The van der Waals surface area contributed by atoms with Crippen molar-refractivity contribution in [1.29, 1.82) is 0 Å². The molecule has 78 valence electrons. The van der Waals surface area contributed by atoms with Crippen molar-refractivity contribution >= 4 is 5.91 Å². The first-order valence-corrected chi connectivity index (χ1v) is 4.54. The molecule has 0 atom stereocenters. The molecular weight excluding hydrogens is 190 g/mol. The number of ether oxygens (including phenoxy) is 1. The van der Waals surface area contributed by atoms with Crippen molar-refractivity contribution in [1.82, 2.24) is 5.32 Å². The summed E-state index contributed by atoms with van der Waals surface area (Å²) in [6.45, 7) is 3.84. The number of nitrogens with one attached hydrogen (secondary N) is 1. The van der Waals surface area contributed by atoms with Gasteiger partial charge >= 0.3 is 0 Å². The summed E-state index contributed by atoms with van der Waals surface area (Å²) in [5.41, 5.74) is 3.19. The maximum absolute atomic E-state index is 11.5. The minimum atomic E-state index is -0.121. The zero-order valence-electron chi connectivity index (χ0n) is 8.62. The number of methoxy groups -OCH3 is 1. The van der Waals surface area contributed by atoms with E-state index in [0.717, 1.165) is 5.75 Å². The van der Waals surface area contributed by atoms with Gasteiger partial charge in [0.05, 0.1) is 7.11 Å². The molecule has 3 heteroatoms. The third kappa shape index (κ3) is 3.33. The minimum Gasteiger partial charge on any atom is -0.497 e. The monoisotopic (exact) mass is 203 g/mol. The van der Waals surface area contributed by atoms with E-state index in [1.54, 1.807) is 37.5 Å². The lowest BCUT2D eigenvalue weighted by Gasteiger charge is -2.03. The lowest BCUT2D eigenvalue weighted by atomic mass is 10.2. The third-order valence-electron chi connectivity index (χ3n) is 1.86. The van der Waals surface area contributed by atoms with Crippen LogP contribution in [0.3, 0.4) is 0 Å². The highest BCUT2D eigenvalue weighted by Gasteiger charge is 2.03. The molecule has 0 aromatic heterocycles. The van der Waals surface area contributed by atoms with Crippen molar-refractivity contribution < 1.29 is 9.53 Å². The summed E-state index contributed by atoms with van der Waals surface area (Å²) in [6.07, 6.45) is 1.65. The molecule has 0 heterocycles. The van der Waals surface area contributed by atoms with Crippen LogP contribution in [-0.4, -0.2) is 19.6 Å². The number of carbonyl (C=O) groups is 1. The highest BCUT2D eigenvalue weighted by molar-refractivity contribution is 5.94. The van der Waals surface area contributed by atoms with E-state index in [1.807, 2.05) is 0 Å². The molecule has 0 bridgehead atoms. The van der Waals surface area contributed by atoms with E-state index < -0.39 is 0 Å². The normalized spacial score (nSPS) is 8.87. The molecular formula is C12H13NO2. The average Bonchev–Trinajstić information content (AvgIpc) is 2.29. The quantitative estimate of drug-likeness (QED) is 0.757. The molecule has 1 amide bonds. The summed E-state index contributed by atoms with van der Waals surface area (Å²) in [5.74, 6) is 0.613. The zero-order chi connectivity index (χ0) is 11.1. The topological polar surface area (TPSA) is 38.3 Å². The van der Waals surface area contributed by atoms with Crippen LogP contribution in [0.25, 0.3) is 0 Å². The Balaban J connectivity index is 2.61. The Kier molecular flexibility index (Phi) is 4.20. The summed E-state index contributed by atoms with van der Waals surface area (Å²) in [5, 5.41) is 2.70. The average molecular weight is 203 g/mol. The van der Waals surface area contributed by atoms with E-state index in [2.05, 4.69) is 17.6 Å². The van der Waals surface area contributed by atoms with Crippen molar-refractivity contribution in [3.05, 3.63) is 48.2 Å². The first-order valence-electron chi connectivity index (χ1n) is 4.54. The number of hydrogen-bond donors (Lipinski definition) is 1. The number of carbonyl (C=O) groups excluding carboxylic acids is 1. The lowest BCUT2D eigenvalue weighted by molar-refractivity contribution is 0.0958. The van der Waals surface area contributed by atoms with Gasteiger partial charge in [-0.2, -0.15) is 0 Å². The minimum absolute atomic E-state index is 0.121. The third-order valence-corrected chi connectivity index (χ3v) is 1.86. The van der Waals surface area contributed by atoms with Crippen molar-refractivity contribution in [2.24, 2.45) is 0 Å². The van der Waals surface area contributed by atoms with Crippen molar-refractivity contribution in [3.63, 3.8) is 0 Å². The highest BCUT2D eigenvalue weighted by atomic mass is 16.5. The molecule has 0 spiro atoms. The molecule has 1 N–H and O–H groups in total. The van der Waals surface area contributed by atoms with Gasteiger partial charge in [-0.05, 0) is 30.3 Å². The molecule has 1 aromatic carbocycles. The molecule has 0 saturated heterocycles. The van der Waals surface area contributed by atoms with E-state index in [1.165, 1.54) is 0 Å². The molecule has 15 heavy (non-hydrogen) atoms. The number of benzene rings is 1. The van der Waals surface area contributed by atoms with Gasteiger partial charge in [-0.3, -0.25) is 4.79 Å². The second-order valence-electron chi connectivity index (χ2n) is 2.85. The Hall–Kier alpha value is -1.99. The first-order chi connectivity index (χ1) is 7.27. The smallest absolute Gasteiger partial charge is 0.251 e. The van der Waals surface area contributed by atoms with E-state index in [0.29, 0.717) is 12.1 Å². The zero-order valence-corrected chi connectivity index (χ0v) is 8.62. The van der Waals surface area contributed by atoms with Crippen LogP contribution < -0.4 is 10.1 Å². The largest absolute Gasteiger partial charge is 0.497 e. The predicted molar refractivity (Wildman–Crippen MR) is 59.0 cm³/mol. The van der Waals surface area contributed by atoms with Gasteiger partial charge in [0.2, 0.25) is 0 Å². The van der Waals surface area contributed by atoms with Gasteiger partial charge in [0.15, 0.2) is 0 Å². The number of hydrogen-bond acceptors (Lipinski definition) is 2. The van der Waals surface area contributed by atoms with Crippen molar-refractivity contribution in [3.8, 4) is 5.75 Å². The Morgan fingerprint density at radius 2 is 2.20 bits per heavy atom. The molecule has 0 radical (unpaired) electrons. The summed E-state index contributed by atoms with van der Waals surface area (Å²) in [6, 6.07) is 6.92. The highest BCUT2D eigenvalue weighted by Crippen LogP contribution is 2.10. The summed E-state index contributed by atoms with van der Waals surface area (Å²) in [4.78, 5) is 11.5. The molecule has 0 aliphatic heterocycles. The van der Waals surface area contributed by atoms with Crippen LogP contribution in [0, 0.1) is 0 Å². The van der Waals surface area contributed by atoms with Crippen LogP contribution >= 0.6 is 0 Å². The van der Waals surface area contributed by atoms with Crippen LogP contribution in [0.15, 0.2) is 42.7 Å². The molecule has 1 rings (SSSR count). The fraction of sp³-hybridized carbons (Fsp3) is 0.167. The number of amides is 1.